The normalized spacial score (nSPS) is 17.8. The highest BCUT2D eigenvalue weighted by Crippen LogP contribution is 2.36. The summed E-state index contributed by atoms with van der Waals surface area (Å²) in [6.07, 6.45) is 4.08. The van der Waals surface area contributed by atoms with Gasteiger partial charge in [-0.15, -0.1) is 10.2 Å². The summed E-state index contributed by atoms with van der Waals surface area (Å²) in [4.78, 5) is 4.35. The Morgan fingerprint density at radius 1 is 1.29 bits per heavy atom. The van der Waals surface area contributed by atoms with Gasteiger partial charge in [-0.1, -0.05) is 11.8 Å². The molecule has 4 rings (SSSR count). The molecule has 148 valence electrons. The van der Waals surface area contributed by atoms with Gasteiger partial charge in [-0.25, -0.2) is 4.98 Å². The first kappa shape index (κ1) is 19.0. The highest BCUT2D eigenvalue weighted by Gasteiger charge is 2.24. The number of methoxy groups -OCH3 is 1. The SMILES string of the molecule is COc1ccc(-c2nnc(S[C@@H](C)c3ncc(C)o3)n2C[C@@H]2CCCO2)cc1. The van der Waals surface area contributed by atoms with Crippen molar-refractivity contribution in [2.75, 3.05) is 13.7 Å². The van der Waals surface area contributed by atoms with Crippen molar-refractivity contribution in [3.05, 3.63) is 42.1 Å². The molecule has 28 heavy (non-hydrogen) atoms. The number of hydrogen-bond acceptors (Lipinski definition) is 7. The summed E-state index contributed by atoms with van der Waals surface area (Å²) in [6, 6.07) is 7.88. The van der Waals surface area contributed by atoms with Crippen LogP contribution < -0.4 is 4.74 Å². The Kier molecular flexibility index (Phi) is 5.68. The minimum atomic E-state index is 0.0323. The second kappa shape index (κ2) is 8.36. The molecule has 1 aromatic carbocycles. The van der Waals surface area contributed by atoms with E-state index in [4.69, 9.17) is 13.9 Å². The average molecular weight is 401 g/mol. The number of benzene rings is 1. The fourth-order valence-electron chi connectivity index (χ4n) is 3.25. The van der Waals surface area contributed by atoms with Crippen molar-refractivity contribution in [2.24, 2.45) is 0 Å². The maximum Gasteiger partial charge on any atom is 0.207 e. The number of aromatic nitrogens is 4. The Labute approximate surface area is 168 Å². The standard InChI is InChI=1S/C20H24N4O3S/c1-13-11-21-19(27-13)14(2)28-20-23-22-18(15-6-8-16(25-3)9-7-15)24(20)12-17-5-4-10-26-17/h6-9,11,14,17H,4-5,10,12H2,1-3H3/t14-,17-/m0/s1. The molecule has 2 atom stereocenters. The molecule has 1 aliphatic heterocycles. The minimum absolute atomic E-state index is 0.0323. The molecule has 0 saturated carbocycles. The van der Waals surface area contributed by atoms with E-state index in [-0.39, 0.29) is 11.4 Å². The van der Waals surface area contributed by atoms with Crippen LogP contribution in [0, 0.1) is 6.92 Å². The molecule has 8 heteroatoms. The van der Waals surface area contributed by atoms with Crippen LogP contribution in [0.2, 0.25) is 0 Å². The highest BCUT2D eigenvalue weighted by atomic mass is 32.2. The summed E-state index contributed by atoms with van der Waals surface area (Å²) < 4.78 is 19.0. The molecule has 1 saturated heterocycles. The average Bonchev–Trinajstić information content (AvgIpc) is 3.45. The van der Waals surface area contributed by atoms with Crippen LogP contribution in [-0.2, 0) is 11.3 Å². The van der Waals surface area contributed by atoms with Crippen molar-refractivity contribution in [2.45, 2.75) is 49.7 Å². The van der Waals surface area contributed by atoms with Crippen LogP contribution in [0.4, 0.5) is 0 Å². The van der Waals surface area contributed by atoms with Gasteiger partial charge in [0.05, 0.1) is 31.2 Å². The molecule has 0 unspecified atom stereocenters. The second-order valence-electron chi connectivity index (χ2n) is 6.85. The summed E-state index contributed by atoms with van der Waals surface area (Å²) in [5, 5.41) is 9.82. The van der Waals surface area contributed by atoms with Gasteiger partial charge in [0.25, 0.3) is 0 Å². The molecule has 0 aliphatic carbocycles. The molecular formula is C20H24N4O3S. The van der Waals surface area contributed by atoms with Crippen molar-refractivity contribution < 1.29 is 13.9 Å². The first-order valence-electron chi connectivity index (χ1n) is 9.42. The molecule has 2 aromatic heterocycles. The van der Waals surface area contributed by atoms with Crippen LogP contribution in [0.3, 0.4) is 0 Å². The van der Waals surface area contributed by atoms with Crippen LogP contribution in [-0.4, -0.2) is 39.6 Å². The molecule has 1 aliphatic rings. The van der Waals surface area contributed by atoms with E-state index in [0.29, 0.717) is 5.89 Å². The van der Waals surface area contributed by atoms with Crippen LogP contribution in [0.1, 0.15) is 36.7 Å². The van der Waals surface area contributed by atoms with Crippen molar-refractivity contribution >= 4 is 11.8 Å². The van der Waals surface area contributed by atoms with Gasteiger partial charge in [-0.05, 0) is 51.0 Å². The molecule has 0 spiro atoms. The van der Waals surface area contributed by atoms with E-state index >= 15 is 0 Å². The highest BCUT2D eigenvalue weighted by molar-refractivity contribution is 7.99. The first-order valence-corrected chi connectivity index (χ1v) is 10.3. The Balaban J connectivity index is 1.63. The molecule has 0 amide bonds. The topological polar surface area (TPSA) is 75.2 Å². The lowest BCUT2D eigenvalue weighted by molar-refractivity contribution is 0.0953. The zero-order valence-corrected chi connectivity index (χ0v) is 17.1. The van der Waals surface area contributed by atoms with Crippen molar-refractivity contribution in [1.82, 2.24) is 19.7 Å². The lowest BCUT2D eigenvalue weighted by atomic mass is 10.2. The summed E-state index contributed by atoms with van der Waals surface area (Å²) in [5.41, 5.74) is 0.998. The third kappa shape index (κ3) is 4.07. The summed E-state index contributed by atoms with van der Waals surface area (Å²) in [6.45, 7) is 5.51. The van der Waals surface area contributed by atoms with E-state index in [1.807, 2.05) is 31.2 Å². The van der Waals surface area contributed by atoms with Crippen molar-refractivity contribution in [3.63, 3.8) is 0 Å². The van der Waals surface area contributed by atoms with Crippen molar-refractivity contribution in [3.8, 4) is 17.1 Å². The molecule has 3 aromatic rings. The van der Waals surface area contributed by atoms with E-state index < -0.39 is 0 Å². The second-order valence-corrected chi connectivity index (χ2v) is 8.16. The van der Waals surface area contributed by atoms with Gasteiger partial charge in [0.2, 0.25) is 5.89 Å². The molecule has 1 fully saturated rings. The zero-order chi connectivity index (χ0) is 19.5. The van der Waals surface area contributed by atoms with Gasteiger partial charge in [-0.3, -0.25) is 4.57 Å². The quantitative estimate of drug-likeness (QED) is 0.548. The Morgan fingerprint density at radius 2 is 2.11 bits per heavy atom. The van der Waals surface area contributed by atoms with Crippen LogP contribution in [0.5, 0.6) is 5.75 Å². The molecule has 7 nitrogen and oxygen atoms in total. The fourth-order valence-corrected chi connectivity index (χ4v) is 4.16. The predicted octanol–water partition coefficient (Wildman–Crippen LogP) is 4.28. The Morgan fingerprint density at radius 3 is 2.75 bits per heavy atom. The number of thioether (sulfide) groups is 1. The zero-order valence-electron chi connectivity index (χ0n) is 16.3. The maximum atomic E-state index is 5.87. The molecular weight excluding hydrogens is 376 g/mol. The van der Waals surface area contributed by atoms with Gasteiger partial charge < -0.3 is 13.9 Å². The van der Waals surface area contributed by atoms with Gasteiger partial charge in [-0.2, -0.15) is 0 Å². The third-order valence-corrected chi connectivity index (χ3v) is 5.81. The number of rotatable bonds is 7. The molecule has 3 heterocycles. The molecule has 0 bridgehead atoms. The Hall–Kier alpha value is -2.32. The minimum Gasteiger partial charge on any atom is -0.497 e. The monoisotopic (exact) mass is 400 g/mol. The lowest BCUT2D eigenvalue weighted by Crippen LogP contribution is -2.16. The van der Waals surface area contributed by atoms with E-state index in [0.717, 1.165) is 54.0 Å². The largest absolute Gasteiger partial charge is 0.497 e. The lowest BCUT2D eigenvalue weighted by Gasteiger charge is -2.16. The van der Waals surface area contributed by atoms with Crippen molar-refractivity contribution in [1.29, 1.82) is 0 Å². The van der Waals surface area contributed by atoms with E-state index in [1.54, 1.807) is 25.1 Å². The molecule has 0 N–H and O–H groups in total. The van der Waals surface area contributed by atoms with E-state index in [9.17, 15) is 0 Å². The number of oxazole rings is 1. The number of aryl methyl sites for hydroxylation is 1. The van der Waals surface area contributed by atoms with Crippen LogP contribution in [0.15, 0.2) is 40.0 Å². The van der Waals surface area contributed by atoms with Gasteiger partial charge in [0.1, 0.15) is 11.5 Å². The van der Waals surface area contributed by atoms with Gasteiger partial charge in [0.15, 0.2) is 11.0 Å². The summed E-state index contributed by atoms with van der Waals surface area (Å²) in [5.74, 6) is 3.15. The van der Waals surface area contributed by atoms with Crippen LogP contribution in [0.25, 0.3) is 11.4 Å². The third-order valence-electron chi connectivity index (χ3n) is 4.74. The first-order chi connectivity index (χ1) is 13.6. The van der Waals surface area contributed by atoms with E-state index in [1.165, 1.54) is 0 Å². The summed E-state index contributed by atoms with van der Waals surface area (Å²) >= 11 is 1.60. The number of nitrogens with zero attached hydrogens (tertiary/aromatic N) is 4. The maximum absolute atomic E-state index is 5.87. The fraction of sp³-hybridized carbons (Fsp3) is 0.450. The van der Waals surface area contributed by atoms with Crippen LogP contribution >= 0.6 is 11.8 Å². The van der Waals surface area contributed by atoms with Gasteiger partial charge in [0, 0.05) is 12.2 Å². The van der Waals surface area contributed by atoms with Gasteiger partial charge >= 0.3 is 0 Å². The smallest absolute Gasteiger partial charge is 0.207 e. The van der Waals surface area contributed by atoms with E-state index in [2.05, 4.69) is 26.7 Å². The Bertz CT molecular complexity index is 916. The number of ether oxygens (including phenoxy) is 2. The molecule has 0 radical (unpaired) electrons. The number of hydrogen-bond donors (Lipinski definition) is 0. The summed E-state index contributed by atoms with van der Waals surface area (Å²) in [7, 11) is 1.66. The predicted molar refractivity (Wildman–Crippen MR) is 106 cm³/mol.